The second-order valence-corrected chi connectivity index (χ2v) is 11.4. The lowest BCUT2D eigenvalue weighted by atomic mass is 10.1. The number of benzene rings is 2. The smallest absolute Gasteiger partial charge is 0.406 e. The number of carbonyl (C=O) groups excluding carboxylic acids is 1. The minimum atomic E-state index is -4.45. The Labute approximate surface area is 230 Å². The molecule has 12 heteroatoms. The molecule has 4 rings (SSSR count). The Hall–Kier alpha value is -3.69. The lowest BCUT2D eigenvalue weighted by Crippen LogP contribution is -2.27. The van der Waals surface area contributed by atoms with E-state index in [1.165, 1.54) is 18.2 Å². The van der Waals surface area contributed by atoms with Gasteiger partial charge in [0.1, 0.15) is 6.54 Å². The summed E-state index contributed by atoms with van der Waals surface area (Å²) < 4.78 is 76.2. The number of hydrogen-bond donors (Lipinski definition) is 2. The molecular formula is C28H30F3N3O5S. The normalized spacial score (nSPS) is 14.4. The maximum Gasteiger partial charge on any atom is 0.406 e. The predicted molar refractivity (Wildman–Crippen MR) is 146 cm³/mol. The second kappa shape index (κ2) is 12.2. The van der Waals surface area contributed by atoms with Crippen molar-refractivity contribution in [2.75, 3.05) is 36.6 Å². The Balaban J connectivity index is 1.61. The van der Waals surface area contributed by atoms with Gasteiger partial charge in [0.25, 0.3) is 0 Å². The molecule has 2 heterocycles. The number of nitrogens with zero attached hydrogens (tertiary/aromatic N) is 1. The number of halogens is 3. The van der Waals surface area contributed by atoms with E-state index in [0.29, 0.717) is 29.8 Å². The van der Waals surface area contributed by atoms with Crippen LogP contribution in [0.1, 0.15) is 31.9 Å². The fourth-order valence-electron chi connectivity index (χ4n) is 4.36. The molecule has 40 heavy (non-hydrogen) atoms. The van der Waals surface area contributed by atoms with Crippen LogP contribution in [0.25, 0.3) is 10.9 Å². The van der Waals surface area contributed by atoms with Crippen molar-refractivity contribution < 1.29 is 35.9 Å². The van der Waals surface area contributed by atoms with Crippen LogP contribution in [0.15, 0.2) is 47.4 Å². The van der Waals surface area contributed by atoms with Crippen molar-refractivity contribution in [3.63, 3.8) is 0 Å². The zero-order chi connectivity index (χ0) is 28.9. The highest BCUT2D eigenvalue weighted by molar-refractivity contribution is 7.90. The van der Waals surface area contributed by atoms with Crippen molar-refractivity contribution in [3.8, 4) is 17.6 Å². The number of sulfone groups is 1. The molecule has 2 aromatic carbocycles. The van der Waals surface area contributed by atoms with Crippen molar-refractivity contribution in [2.24, 2.45) is 0 Å². The quantitative estimate of drug-likeness (QED) is 0.222. The Bertz CT molecular complexity index is 1550. The number of fused-ring (bicyclic) bond motifs is 1. The van der Waals surface area contributed by atoms with E-state index in [1.54, 1.807) is 25.1 Å². The van der Waals surface area contributed by atoms with Crippen LogP contribution in [0.2, 0.25) is 0 Å². The van der Waals surface area contributed by atoms with E-state index in [-0.39, 0.29) is 35.3 Å². The summed E-state index contributed by atoms with van der Waals surface area (Å²) in [5.74, 6) is 5.13. The van der Waals surface area contributed by atoms with Crippen LogP contribution in [0.3, 0.4) is 0 Å². The number of alkyl halides is 3. The van der Waals surface area contributed by atoms with Crippen molar-refractivity contribution in [1.29, 1.82) is 0 Å². The van der Waals surface area contributed by atoms with Gasteiger partial charge in [-0.2, -0.15) is 13.2 Å². The number of aromatic nitrogens is 1. The number of ether oxygens (including phenoxy) is 2. The predicted octanol–water partition coefficient (Wildman–Crippen LogP) is 4.98. The van der Waals surface area contributed by atoms with Gasteiger partial charge in [0.05, 0.1) is 28.3 Å². The molecule has 0 unspecified atom stereocenters. The first-order valence-corrected chi connectivity index (χ1v) is 14.6. The van der Waals surface area contributed by atoms with Gasteiger partial charge < -0.3 is 24.7 Å². The molecule has 3 aromatic rings. The van der Waals surface area contributed by atoms with Crippen LogP contribution in [-0.2, 0) is 25.9 Å². The summed E-state index contributed by atoms with van der Waals surface area (Å²) in [5.41, 5.74) is 1.67. The molecule has 0 aliphatic carbocycles. The molecule has 1 aliphatic rings. The molecule has 214 valence electrons. The average molecular weight is 578 g/mol. The monoisotopic (exact) mass is 577 g/mol. The average Bonchev–Trinajstić information content (AvgIpc) is 3.24. The topological polar surface area (TPSA) is 98.7 Å². The first-order valence-electron chi connectivity index (χ1n) is 12.8. The van der Waals surface area contributed by atoms with Crippen LogP contribution in [0.5, 0.6) is 5.75 Å². The summed E-state index contributed by atoms with van der Waals surface area (Å²) >= 11 is 0. The molecule has 2 N–H and O–H groups in total. The second-order valence-electron chi connectivity index (χ2n) is 9.41. The lowest BCUT2D eigenvalue weighted by molar-refractivity contribution is -0.140. The third-order valence-corrected chi connectivity index (χ3v) is 7.45. The minimum absolute atomic E-state index is 0.00434. The third kappa shape index (κ3) is 7.49. The highest BCUT2D eigenvalue weighted by Gasteiger charge is 2.30. The van der Waals surface area contributed by atoms with E-state index in [4.69, 9.17) is 9.47 Å². The van der Waals surface area contributed by atoms with Gasteiger partial charge in [0.15, 0.2) is 15.6 Å². The lowest BCUT2D eigenvalue weighted by Gasteiger charge is -2.24. The summed E-state index contributed by atoms with van der Waals surface area (Å²) in [4.78, 5) is 11.8. The van der Waals surface area contributed by atoms with Crippen LogP contribution in [0, 0.1) is 11.8 Å². The Morgan fingerprint density at radius 3 is 2.58 bits per heavy atom. The van der Waals surface area contributed by atoms with Gasteiger partial charge in [-0.1, -0.05) is 18.9 Å². The molecule has 0 spiro atoms. The maximum atomic E-state index is 13.5. The van der Waals surface area contributed by atoms with Gasteiger partial charge in [-0.3, -0.25) is 4.79 Å². The van der Waals surface area contributed by atoms with Gasteiger partial charge >= 0.3 is 12.1 Å². The zero-order valence-electron chi connectivity index (χ0n) is 22.1. The molecule has 0 amide bonds. The summed E-state index contributed by atoms with van der Waals surface area (Å²) in [7, 11) is -3.54. The van der Waals surface area contributed by atoms with Gasteiger partial charge in [-0.15, -0.1) is 0 Å². The number of hydrogen-bond acceptors (Lipinski definition) is 7. The van der Waals surface area contributed by atoms with Gasteiger partial charge in [-0.05, 0) is 49.1 Å². The molecule has 0 atom stereocenters. The molecule has 0 radical (unpaired) electrons. The Morgan fingerprint density at radius 2 is 1.90 bits per heavy atom. The van der Waals surface area contributed by atoms with Crippen LogP contribution in [0.4, 0.5) is 24.5 Å². The van der Waals surface area contributed by atoms with Crippen molar-refractivity contribution >= 4 is 38.1 Å². The molecule has 8 nitrogen and oxygen atoms in total. The zero-order valence-corrected chi connectivity index (χ0v) is 22.9. The summed E-state index contributed by atoms with van der Waals surface area (Å²) in [6.07, 6.45) is -1.73. The molecule has 0 bridgehead atoms. The largest absolute Gasteiger partial charge is 0.424 e. The van der Waals surface area contributed by atoms with E-state index in [9.17, 15) is 26.4 Å². The van der Waals surface area contributed by atoms with E-state index in [1.807, 2.05) is 6.07 Å². The molecular weight excluding hydrogens is 547 g/mol. The highest BCUT2D eigenvalue weighted by atomic mass is 32.2. The Kier molecular flexibility index (Phi) is 8.95. The van der Waals surface area contributed by atoms with Crippen LogP contribution >= 0.6 is 0 Å². The SMILES string of the molecule is CCC(=O)Oc1cc(S(C)(=O)=O)ccc1NCC#Cc1cc2c(NC3CCOCC3)cccc2n1CC(F)(F)F. The first kappa shape index (κ1) is 29.3. The molecule has 1 saturated heterocycles. The number of nitrogens with one attached hydrogen (secondary N) is 2. The van der Waals surface area contributed by atoms with Crippen LogP contribution < -0.4 is 15.4 Å². The molecule has 1 aliphatic heterocycles. The van der Waals surface area contributed by atoms with E-state index >= 15 is 0 Å². The molecule has 1 fully saturated rings. The minimum Gasteiger partial charge on any atom is -0.424 e. The standard InChI is InChI=1S/C28H30F3N3O5S/c1-3-27(35)39-26-17-21(40(2,36)37)9-10-24(26)32-13-5-6-20-16-22-23(33-19-11-14-38-15-12-19)7-4-8-25(22)34(20)18-28(29,30)31/h4,7-10,16-17,19,32-33H,3,11-15,18H2,1-2H3. The Morgan fingerprint density at radius 1 is 1.15 bits per heavy atom. The fraction of sp³-hybridized carbons (Fsp3) is 0.393. The van der Waals surface area contributed by atoms with Crippen LogP contribution in [-0.4, -0.2) is 57.2 Å². The summed E-state index contributed by atoms with van der Waals surface area (Å²) in [5, 5.41) is 7.04. The molecule has 1 aromatic heterocycles. The van der Waals surface area contributed by atoms with E-state index < -0.39 is 28.5 Å². The highest BCUT2D eigenvalue weighted by Crippen LogP contribution is 2.31. The fourth-order valence-corrected chi connectivity index (χ4v) is 4.99. The van der Waals surface area contributed by atoms with Crippen molar-refractivity contribution in [2.45, 2.75) is 49.8 Å². The molecule has 0 saturated carbocycles. The van der Waals surface area contributed by atoms with Gasteiger partial charge in [0.2, 0.25) is 0 Å². The number of rotatable bonds is 8. The van der Waals surface area contributed by atoms with E-state index in [2.05, 4.69) is 22.5 Å². The van der Waals surface area contributed by atoms with Crippen molar-refractivity contribution in [1.82, 2.24) is 4.57 Å². The number of esters is 1. The summed E-state index contributed by atoms with van der Waals surface area (Å²) in [6, 6.07) is 11.1. The van der Waals surface area contributed by atoms with Gasteiger partial charge in [0, 0.05) is 49.1 Å². The first-order chi connectivity index (χ1) is 18.9. The number of carbonyl (C=O) groups is 1. The van der Waals surface area contributed by atoms with Crippen molar-refractivity contribution in [3.05, 3.63) is 48.2 Å². The maximum absolute atomic E-state index is 13.5. The summed E-state index contributed by atoms with van der Waals surface area (Å²) in [6.45, 7) is 1.66. The van der Waals surface area contributed by atoms with E-state index in [0.717, 1.165) is 29.4 Å². The number of anilines is 2. The van der Waals surface area contributed by atoms with Gasteiger partial charge in [-0.25, -0.2) is 8.42 Å². The third-order valence-electron chi connectivity index (χ3n) is 6.34.